The fraction of sp³-hybridized carbons (Fsp3) is 0.292. The van der Waals surface area contributed by atoms with Gasteiger partial charge in [-0.25, -0.2) is 14.4 Å². The van der Waals surface area contributed by atoms with Gasteiger partial charge in [0.15, 0.2) is 0 Å². The molecule has 13 heteroatoms. The third-order valence-electron chi connectivity index (χ3n) is 6.48. The van der Waals surface area contributed by atoms with Gasteiger partial charge in [0.2, 0.25) is 0 Å². The average molecular weight is 512 g/mol. The molecular weight excluding hydrogens is 492 g/mol. The van der Waals surface area contributed by atoms with E-state index in [4.69, 9.17) is 0 Å². The number of nitrogens with zero attached hydrogens (tertiary/aromatic N) is 6. The van der Waals surface area contributed by atoms with Crippen molar-refractivity contribution in [1.29, 1.82) is 5.26 Å². The van der Waals surface area contributed by atoms with E-state index < -0.39 is 35.0 Å². The van der Waals surface area contributed by atoms with Crippen LogP contribution >= 0.6 is 0 Å². The molecule has 0 aliphatic carbocycles. The van der Waals surface area contributed by atoms with Crippen LogP contribution in [0.3, 0.4) is 0 Å². The van der Waals surface area contributed by atoms with Crippen LogP contribution in [0.1, 0.15) is 23.7 Å². The van der Waals surface area contributed by atoms with Crippen molar-refractivity contribution in [2.24, 2.45) is 0 Å². The summed E-state index contributed by atoms with van der Waals surface area (Å²) in [7, 11) is 0. The Kier molecular flexibility index (Phi) is 5.82. The zero-order valence-electron chi connectivity index (χ0n) is 19.4. The predicted octanol–water partition coefficient (Wildman–Crippen LogP) is 3.77. The number of carbonyl (C=O) groups is 1. The smallest absolute Gasteiger partial charge is 0.366 e. The molecule has 4 heterocycles. The summed E-state index contributed by atoms with van der Waals surface area (Å²) in [4.78, 5) is 25.5. The molecule has 1 aromatic carbocycles. The summed E-state index contributed by atoms with van der Waals surface area (Å²) in [5, 5.41) is 16.5. The molecule has 1 atom stereocenters. The van der Waals surface area contributed by atoms with Gasteiger partial charge in [-0.05, 0) is 31.2 Å². The quantitative estimate of drug-likeness (QED) is 0.380. The van der Waals surface area contributed by atoms with E-state index in [2.05, 4.69) is 26.1 Å². The Hall–Kier alpha value is -4.47. The van der Waals surface area contributed by atoms with Crippen LogP contribution in [0.2, 0.25) is 0 Å². The Morgan fingerprint density at radius 2 is 2.08 bits per heavy atom. The number of H-pyrrole nitrogens is 1. The topological polar surface area (TPSA) is 116 Å². The van der Waals surface area contributed by atoms with E-state index in [1.807, 2.05) is 6.07 Å². The number of hydrogen-bond acceptors (Lipinski definition) is 6. The summed E-state index contributed by atoms with van der Waals surface area (Å²) < 4.78 is 54.5. The van der Waals surface area contributed by atoms with Crippen molar-refractivity contribution in [2.45, 2.75) is 31.1 Å². The average Bonchev–Trinajstić information content (AvgIpc) is 3.50. The molecule has 2 N–H and O–H groups in total. The lowest BCUT2D eigenvalue weighted by Crippen LogP contribution is -2.63. The van der Waals surface area contributed by atoms with Gasteiger partial charge in [0, 0.05) is 42.1 Å². The Morgan fingerprint density at radius 3 is 2.78 bits per heavy atom. The molecule has 1 amide bonds. The molecule has 0 bridgehead atoms. The lowest BCUT2D eigenvalue weighted by Gasteiger charge is -2.50. The van der Waals surface area contributed by atoms with Gasteiger partial charge in [-0.2, -0.15) is 23.5 Å². The van der Waals surface area contributed by atoms with Crippen LogP contribution in [0.4, 0.5) is 23.2 Å². The van der Waals surface area contributed by atoms with Gasteiger partial charge >= 0.3 is 6.18 Å². The minimum Gasteiger partial charge on any atom is -0.366 e. The molecule has 37 heavy (non-hydrogen) atoms. The van der Waals surface area contributed by atoms with Crippen molar-refractivity contribution in [2.75, 3.05) is 18.0 Å². The number of alkyl halides is 3. The second-order valence-electron chi connectivity index (χ2n) is 8.95. The first-order chi connectivity index (χ1) is 17.6. The molecular formula is C24H20F4N8O. The monoisotopic (exact) mass is 512 g/mol. The van der Waals surface area contributed by atoms with Gasteiger partial charge < -0.3 is 15.2 Å². The Bertz CT molecular complexity index is 1510. The molecule has 9 nitrogen and oxygen atoms in total. The predicted molar refractivity (Wildman–Crippen MR) is 125 cm³/mol. The minimum atomic E-state index is -4.64. The van der Waals surface area contributed by atoms with E-state index in [9.17, 15) is 27.6 Å². The van der Waals surface area contributed by atoms with Crippen LogP contribution in [-0.4, -0.2) is 55.9 Å². The summed E-state index contributed by atoms with van der Waals surface area (Å²) in [6, 6.07) is 5.64. The van der Waals surface area contributed by atoms with Gasteiger partial charge in [0.05, 0.1) is 29.9 Å². The molecule has 5 rings (SSSR count). The van der Waals surface area contributed by atoms with Crippen molar-refractivity contribution in [3.05, 3.63) is 60.6 Å². The van der Waals surface area contributed by atoms with Crippen molar-refractivity contribution in [1.82, 2.24) is 30.0 Å². The molecule has 1 aliphatic rings. The molecule has 4 aromatic rings. The highest BCUT2D eigenvalue weighted by atomic mass is 19.4. The van der Waals surface area contributed by atoms with Crippen molar-refractivity contribution in [3.63, 3.8) is 0 Å². The molecule has 0 spiro atoms. The van der Waals surface area contributed by atoms with Crippen LogP contribution in [0, 0.1) is 17.1 Å². The van der Waals surface area contributed by atoms with Crippen molar-refractivity contribution in [3.8, 4) is 17.3 Å². The lowest BCUT2D eigenvalue weighted by atomic mass is 9.86. The van der Waals surface area contributed by atoms with Gasteiger partial charge in [0.25, 0.3) is 5.91 Å². The number of anilines is 1. The first-order valence-electron chi connectivity index (χ1n) is 11.2. The van der Waals surface area contributed by atoms with Crippen LogP contribution in [0.15, 0.2) is 49.2 Å². The number of aromatic amines is 1. The fourth-order valence-electron chi connectivity index (χ4n) is 4.38. The fourth-order valence-corrected chi connectivity index (χ4v) is 4.38. The minimum absolute atomic E-state index is 0.145. The Morgan fingerprint density at radius 1 is 1.30 bits per heavy atom. The standard InChI is InChI=1S/C24H20F4N8O/c1-14(24(26,27)28)34-22(37)17-3-2-16(8-19(17)25)35-11-23(12-35,5-6-29)36-10-15(9-33-36)20-18-4-7-30-21(18)32-13-31-20/h2-4,7-10,13-14H,5,11-12H2,1H3,(H,34,37)(H,30,31,32)/t14-/m1/s1. The van der Waals surface area contributed by atoms with E-state index in [1.54, 1.807) is 33.5 Å². The second-order valence-corrected chi connectivity index (χ2v) is 8.95. The third kappa shape index (κ3) is 4.35. The summed E-state index contributed by atoms with van der Waals surface area (Å²) in [6.45, 7) is 1.45. The van der Waals surface area contributed by atoms with E-state index in [1.165, 1.54) is 12.4 Å². The van der Waals surface area contributed by atoms with Crippen molar-refractivity contribution < 1.29 is 22.4 Å². The maximum absolute atomic E-state index is 14.7. The first-order valence-corrected chi connectivity index (χ1v) is 11.2. The number of fused-ring (bicyclic) bond motifs is 1. The maximum atomic E-state index is 14.7. The number of carbonyl (C=O) groups excluding carboxylic acids is 1. The van der Waals surface area contributed by atoms with E-state index in [0.29, 0.717) is 30.1 Å². The molecule has 3 aromatic heterocycles. The molecule has 1 saturated heterocycles. The molecule has 1 aliphatic heterocycles. The number of benzene rings is 1. The number of aromatic nitrogens is 5. The Balaban J connectivity index is 1.34. The van der Waals surface area contributed by atoms with Crippen LogP contribution in [0.5, 0.6) is 0 Å². The maximum Gasteiger partial charge on any atom is 0.408 e. The van der Waals surface area contributed by atoms with E-state index in [0.717, 1.165) is 30.0 Å². The normalized spacial score (nSPS) is 15.7. The summed E-state index contributed by atoms with van der Waals surface area (Å²) >= 11 is 0. The van der Waals surface area contributed by atoms with Gasteiger partial charge in [0.1, 0.15) is 29.4 Å². The number of halogens is 4. The van der Waals surface area contributed by atoms with Gasteiger partial charge in [-0.3, -0.25) is 9.48 Å². The highest BCUT2D eigenvalue weighted by Gasteiger charge is 2.46. The Labute approximate surface area is 207 Å². The van der Waals surface area contributed by atoms with Gasteiger partial charge in [-0.1, -0.05) is 0 Å². The van der Waals surface area contributed by atoms with Crippen LogP contribution in [-0.2, 0) is 5.54 Å². The van der Waals surface area contributed by atoms with Gasteiger partial charge in [-0.15, -0.1) is 0 Å². The number of nitrogens with one attached hydrogen (secondary N) is 2. The summed E-state index contributed by atoms with van der Waals surface area (Å²) in [6.07, 6.45) is 2.18. The van der Waals surface area contributed by atoms with Crippen LogP contribution < -0.4 is 10.2 Å². The third-order valence-corrected chi connectivity index (χ3v) is 6.48. The number of nitriles is 1. The lowest BCUT2D eigenvalue weighted by molar-refractivity contribution is -0.149. The molecule has 1 fully saturated rings. The number of hydrogen-bond donors (Lipinski definition) is 2. The summed E-state index contributed by atoms with van der Waals surface area (Å²) in [5.41, 5.74) is 1.40. The second kappa shape index (κ2) is 8.88. The SMILES string of the molecule is C[C@@H](NC(=O)c1ccc(N2CC(CC#N)(n3cc(-c4ncnc5[nH]ccc45)cn3)C2)cc1F)C(F)(F)F. The van der Waals surface area contributed by atoms with E-state index >= 15 is 0 Å². The zero-order valence-corrected chi connectivity index (χ0v) is 19.4. The highest BCUT2D eigenvalue weighted by molar-refractivity contribution is 5.95. The van der Waals surface area contributed by atoms with Crippen LogP contribution in [0.25, 0.3) is 22.3 Å². The molecule has 0 saturated carbocycles. The van der Waals surface area contributed by atoms with Crippen molar-refractivity contribution >= 4 is 22.6 Å². The number of amides is 1. The number of rotatable bonds is 6. The molecule has 190 valence electrons. The summed E-state index contributed by atoms with van der Waals surface area (Å²) in [5.74, 6) is -2.09. The first kappa shape index (κ1) is 24.2. The molecule has 0 radical (unpaired) electrons. The largest absolute Gasteiger partial charge is 0.408 e. The molecule has 0 unspecified atom stereocenters. The highest BCUT2D eigenvalue weighted by Crippen LogP contribution is 2.37. The zero-order chi connectivity index (χ0) is 26.4. The van der Waals surface area contributed by atoms with E-state index in [-0.39, 0.29) is 6.42 Å².